The fraction of sp³-hybridized carbons (Fsp3) is 0.600. The molecule has 0 spiro atoms. The minimum atomic E-state index is 0.126. The molecule has 0 aromatic carbocycles. The Balaban J connectivity index is 1.81. The van der Waals surface area contributed by atoms with Crippen LogP contribution in [0.2, 0.25) is 0 Å². The molecular formula is C10H17N3. The topological polar surface area (TPSA) is 45.0 Å². The molecule has 3 nitrogen and oxygen atoms in total. The van der Waals surface area contributed by atoms with Gasteiger partial charge in [0.2, 0.25) is 0 Å². The molecule has 1 saturated carbocycles. The van der Waals surface area contributed by atoms with Crippen LogP contribution in [0.1, 0.15) is 18.5 Å². The van der Waals surface area contributed by atoms with Crippen molar-refractivity contribution in [1.29, 1.82) is 0 Å². The molecule has 1 aliphatic rings. The van der Waals surface area contributed by atoms with Crippen LogP contribution in [-0.4, -0.2) is 29.0 Å². The average molecular weight is 179 g/mol. The van der Waals surface area contributed by atoms with Crippen molar-refractivity contribution in [3.05, 3.63) is 24.0 Å². The summed E-state index contributed by atoms with van der Waals surface area (Å²) in [6, 6.07) is 4.13. The van der Waals surface area contributed by atoms with Crippen molar-refractivity contribution >= 4 is 0 Å². The molecule has 0 saturated heterocycles. The number of aromatic nitrogens is 1. The molecule has 1 aromatic rings. The molecule has 72 valence electrons. The van der Waals surface area contributed by atoms with Crippen molar-refractivity contribution < 1.29 is 0 Å². The van der Waals surface area contributed by atoms with Crippen molar-refractivity contribution in [3.63, 3.8) is 0 Å². The van der Waals surface area contributed by atoms with Gasteiger partial charge in [0.15, 0.2) is 0 Å². The second-order valence-electron chi connectivity index (χ2n) is 4.23. The van der Waals surface area contributed by atoms with E-state index in [1.54, 1.807) is 0 Å². The molecular weight excluding hydrogens is 162 g/mol. The summed E-state index contributed by atoms with van der Waals surface area (Å²) < 4.78 is 0. The number of hydrogen-bond acceptors (Lipinski definition) is 2. The van der Waals surface area contributed by atoms with Gasteiger partial charge in [0.25, 0.3) is 0 Å². The van der Waals surface area contributed by atoms with Gasteiger partial charge in [-0.3, -0.25) is 4.90 Å². The van der Waals surface area contributed by atoms with E-state index in [9.17, 15) is 0 Å². The summed E-state index contributed by atoms with van der Waals surface area (Å²) in [6.07, 6.45) is 4.32. The van der Waals surface area contributed by atoms with E-state index in [-0.39, 0.29) is 5.54 Å². The Morgan fingerprint density at radius 3 is 2.92 bits per heavy atom. The maximum atomic E-state index is 6.02. The number of nitrogens with zero attached hydrogens (tertiary/aromatic N) is 1. The van der Waals surface area contributed by atoms with Gasteiger partial charge in [-0.15, -0.1) is 0 Å². The molecule has 3 N–H and O–H groups in total. The monoisotopic (exact) mass is 179 g/mol. The smallest absolute Gasteiger partial charge is 0.0382 e. The zero-order valence-electron chi connectivity index (χ0n) is 8.09. The summed E-state index contributed by atoms with van der Waals surface area (Å²) in [5, 5.41) is 0. The van der Waals surface area contributed by atoms with Gasteiger partial charge >= 0.3 is 0 Å². The largest absolute Gasteiger partial charge is 0.364 e. The number of likely N-dealkylation sites (N-methyl/N-ethyl adjacent to an activating group) is 1. The summed E-state index contributed by atoms with van der Waals surface area (Å²) in [5.74, 6) is 0. The standard InChI is InChI=1S/C10H17N3/c1-13(8-10(11)4-5-10)7-9-3-2-6-12-9/h2-3,6,12H,4-5,7-8,11H2,1H3. The maximum Gasteiger partial charge on any atom is 0.0382 e. The van der Waals surface area contributed by atoms with E-state index in [1.165, 1.54) is 18.5 Å². The van der Waals surface area contributed by atoms with Crippen LogP contribution in [0.5, 0.6) is 0 Å². The van der Waals surface area contributed by atoms with Crippen molar-refractivity contribution in [2.24, 2.45) is 5.73 Å². The van der Waals surface area contributed by atoms with Gasteiger partial charge in [-0.1, -0.05) is 0 Å². The summed E-state index contributed by atoms with van der Waals surface area (Å²) in [4.78, 5) is 5.47. The number of rotatable bonds is 4. The van der Waals surface area contributed by atoms with Crippen molar-refractivity contribution in [3.8, 4) is 0 Å². The minimum Gasteiger partial charge on any atom is -0.364 e. The van der Waals surface area contributed by atoms with Crippen molar-refractivity contribution in [2.75, 3.05) is 13.6 Å². The Labute approximate surface area is 78.9 Å². The molecule has 1 aromatic heterocycles. The lowest BCUT2D eigenvalue weighted by atomic mass is 10.2. The quantitative estimate of drug-likeness (QED) is 0.722. The van der Waals surface area contributed by atoms with E-state index in [0.717, 1.165) is 13.1 Å². The Morgan fingerprint density at radius 1 is 1.62 bits per heavy atom. The predicted octanol–water partition coefficient (Wildman–Crippen LogP) is 0.938. The number of H-pyrrole nitrogens is 1. The first kappa shape index (κ1) is 8.78. The SMILES string of the molecule is CN(Cc1ccc[nH]1)CC1(N)CC1. The molecule has 0 bridgehead atoms. The molecule has 1 aliphatic carbocycles. The summed E-state index contributed by atoms with van der Waals surface area (Å²) in [6.45, 7) is 1.97. The van der Waals surface area contributed by atoms with Gasteiger partial charge in [-0.25, -0.2) is 0 Å². The fourth-order valence-electron chi connectivity index (χ4n) is 1.67. The molecule has 0 radical (unpaired) electrons. The van der Waals surface area contributed by atoms with E-state index in [0.29, 0.717) is 0 Å². The van der Waals surface area contributed by atoms with E-state index in [2.05, 4.69) is 23.0 Å². The summed E-state index contributed by atoms with van der Waals surface area (Å²) in [7, 11) is 2.12. The first-order chi connectivity index (χ1) is 6.18. The van der Waals surface area contributed by atoms with Crippen LogP contribution in [-0.2, 0) is 6.54 Å². The number of aromatic amines is 1. The molecule has 0 amide bonds. The molecule has 1 heterocycles. The van der Waals surface area contributed by atoms with Crippen molar-refractivity contribution in [1.82, 2.24) is 9.88 Å². The fourth-order valence-corrected chi connectivity index (χ4v) is 1.67. The zero-order valence-corrected chi connectivity index (χ0v) is 8.09. The average Bonchev–Trinajstić information content (AvgIpc) is 2.61. The van der Waals surface area contributed by atoms with Crippen LogP contribution < -0.4 is 5.73 Å². The highest BCUT2D eigenvalue weighted by atomic mass is 15.1. The van der Waals surface area contributed by atoms with Gasteiger partial charge in [-0.2, -0.15) is 0 Å². The van der Waals surface area contributed by atoms with Gasteiger partial charge in [0, 0.05) is 30.5 Å². The predicted molar refractivity (Wildman–Crippen MR) is 53.3 cm³/mol. The van der Waals surface area contributed by atoms with Crippen LogP contribution in [0, 0.1) is 0 Å². The highest BCUT2D eigenvalue weighted by Gasteiger charge is 2.38. The molecule has 13 heavy (non-hydrogen) atoms. The second-order valence-corrected chi connectivity index (χ2v) is 4.23. The maximum absolute atomic E-state index is 6.02. The number of nitrogens with two attached hydrogens (primary N) is 1. The molecule has 2 rings (SSSR count). The summed E-state index contributed by atoms with van der Waals surface area (Å²) in [5.41, 5.74) is 7.41. The van der Waals surface area contributed by atoms with E-state index < -0.39 is 0 Å². The van der Waals surface area contributed by atoms with E-state index >= 15 is 0 Å². The lowest BCUT2D eigenvalue weighted by Gasteiger charge is -2.19. The van der Waals surface area contributed by atoms with Crippen LogP contribution in [0.3, 0.4) is 0 Å². The van der Waals surface area contributed by atoms with Crippen LogP contribution >= 0.6 is 0 Å². The molecule has 0 unspecified atom stereocenters. The van der Waals surface area contributed by atoms with Gasteiger partial charge in [0.05, 0.1) is 0 Å². The van der Waals surface area contributed by atoms with Crippen LogP contribution in [0.25, 0.3) is 0 Å². The van der Waals surface area contributed by atoms with E-state index in [1.807, 2.05) is 12.3 Å². The Bertz CT molecular complexity index is 262. The number of hydrogen-bond donors (Lipinski definition) is 2. The highest BCUT2D eigenvalue weighted by molar-refractivity contribution is 5.05. The van der Waals surface area contributed by atoms with Gasteiger partial charge in [0.1, 0.15) is 0 Å². The summed E-state index contributed by atoms with van der Waals surface area (Å²) >= 11 is 0. The van der Waals surface area contributed by atoms with Crippen molar-refractivity contribution in [2.45, 2.75) is 24.9 Å². The molecule has 0 aliphatic heterocycles. The van der Waals surface area contributed by atoms with Crippen LogP contribution in [0.4, 0.5) is 0 Å². The highest BCUT2D eigenvalue weighted by Crippen LogP contribution is 2.32. The molecule has 0 atom stereocenters. The van der Waals surface area contributed by atoms with Gasteiger partial charge in [-0.05, 0) is 32.0 Å². The lowest BCUT2D eigenvalue weighted by molar-refractivity contribution is 0.293. The lowest BCUT2D eigenvalue weighted by Crippen LogP contribution is -2.36. The van der Waals surface area contributed by atoms with E-state index in [4.69, 9.17) is 5.73 Å². The molecule has 1 fully saturated rings. The first-order valence-corrected chi connectivity index (χ1v) is 4.78. The normalized spacial score (nSPS) is 19.3. The third kappa shape index (κ3) is 2.32. The minimum absolute atomic E-state index is 0.126. The van der Waals surface area contributed by atoms with Crippen LogP contribution in [0.15, 0.2) is 18.3 Å². The Hall–Kier alpha value is -0.800. The third-order valence-electron chi connectivity index (χ3n) is 2.58. The Morgan fingerprint density at radius 2 is 2.38 bits per heavy atom. The second kappa shape index (κ2) is 3.16. The zero-order chi connectivity index (χ0) is 9.31. The van der Waals surface area contributed by atoms with Gasteiger partial charge < -0.3 is 10.7 Å². The molecule has 3 heteroatoms. The first-order valence-electron chi connectivity index (χ1n) is 4.78. The third-order valence-corrected chi connectivity index (χ3v) is 2.58. The number of nitrogens with one attached hydrogen (secondary N) is 1. The Kier molecular flexibility index (Phi) is 2.14.